The van der Waals surface area contributed by atoms with E-state index in [0.29, 0.717) is 77.8 Å². The highest BCUT2D eigenvalue weighted by Crippen LogP contribution is 2.45. The zero-order valence-electron chi connectivity index (χ0n) is 69.5. The average molecular weight is 1680 g/mol. The second-order valence-corrected chi connectivity index (χ2v) is 34.0. The number of benzene rings is 4. The molecule has 0 radical (unpaired) electrons. The van der Waals surface area contributed by atoms with Gasteiger partial charge in [-0.2, -0.15) is 5.10 Å². The van der Waals surface area contributed by atoms with E-state index in [1.165, 1.54) is 24.3 Å². The molecule has 9 unspecified atom stereocenters. The third kappa shape index (κ3) is 19.9. The van der Waals surface area contributed by atoms with Crippen LogP contribution in [-0.4, -0.2) is 174 Å². The highest BCUT2D eigenvalue weighted by Gasteiger charge is 2.45. The molecule has 11 heterocycles. The number of para-hydroxylation sites is 1. The molecule has 10 aliphatic rings. The van der Waals surface area contributed by atoms with Crippen LogP contribution >= 0.6 is 0 Å². The van der Waals surface area contributed by atoms with Crippen LogP contribution in [-0.2, 0) is 21.4 Å². The molecular weight excluding hydrogens is 1580 g/mol. The van der Waals surface area contributed by atoms with Crippen molar-refractivity contribution in [2.75, 3.05) is 43.5 Å². The first kappa shape index (κ1) is 84.2. The van der Waals surface area contributed by atoms with Crippen molar-refractivity contribution in [2.45, 2.75) is 214 Å². The molecule has 0 spiro atoms. The summed E-state index contributed by atoms with van der Waals surface area (Å²) in [5, 5.41) is 38.1. The number of likely N-dealkylation sites (tertiary alicyclic amines) is 3. The molecular formula is C90H100F3N17O13. The molecule has 5 aliphatic carbocycles. The molecule has 0 bridgehead atoms. The van der Waals surface area contributed by atoms with E-state index in [9.17, 15) is 51.5 Å². The van der Waals surface area contributed by atoms with E-state index in [1.807, 2.05) is 50.4 Å². The zero-order valence-corrected chi connectivity index (χ0v) is 69.5. The van der Waals surface area contributed by atoms with E-state index in [0.717, 1.165) is 141 Å². The first-order valence-corrected chi connectivity index (χ1v) is 42.4. The molecule has 6 aromatic heterocycles. The number of halogens is 3. The Kier molecular flexibility index (Phi) is 24.9. The highest BCUT2D eigenvalue weighted by atomic mass is 19.1. The highest BCUT2D eigenvalue weighted by molar-refractivity contribution is 6.05. The molecule has 123 heavy (non-hydrogen) atoms. The first-order valence-electron chi connectivity index (χ1n) is 42.4. The minimum absolute atomic E-state index is 0.0318. The van der Waals surface area contributed by atoms with E-state index in [-0.39, 0.29) is 124 Å². The molecule has 30 nitrogen and oxygen atoms in total. The van der Waals surface area contributed by atoms with Gasteiger partial charge in [-0.05, 0) is 189 Å². The van der Waals surface area contributed by atoms with Crippen molar-refractivity contribution >= 4 is 58.8 Å². The van der Waals surface area contributed by atoms with E-state index in [1.54, 1.807) is 119 Å². The van der Waals surface area contributed by atoms with Crippen LogP contribution in [0.25, 0.3) is 0 Å². The number of aryl methyl sites for hydroxylation is 2. The van der Waals surface area contributed by atoms with Crippen molar-refractivity contribution in [2.24, 2.45) is 7.05 Å². The van der Waals surface area contributed by atoms with Crippen molar-refractivity contribution < 1.29 is 74.1 Å². The van der Waals surface area contributed by atoms with Crippen molar-refractivity contribution in [3.05, 3.63) is 237 Å². The van der Waals surface area contributed by atoms with E-state index in [4.69, 9.17) is 22.6 Å². The van der Waals surface area contributed by atoms with E-state index < -0.39 is 18.1 Å². The summed E-state index contributed by atoms with van der Waals surface area (Å²) >= 11 is 0. The molecule has 644 valence electrons. The Morgan fingerprint density at radius 3 is 1.31 bits per heavy atom. The molecule has 5 aliphatic heterocycles. The van der Waals surface area contributed by atoms with Gasteiger partial charge in [0.05, 0.1) is 36.3 Å². The Labute approximate surface area is 707 Å². The number of anilines is 2. The van der Waals surface area contributed by atoms with Crippen LogP contribution in [0.4, 0.5) is 24.7 Å². The molecule has 10 fully saturated rings. The number of likely N-dealkylation sites (N-methyl/N-ethyl adjacent to an activating group) is 2. The van der Waals surface area contributed by atoms with Crippen molar-refractivity contribution in [1.29, 1.82) is 0 Å². The summed E-state index contributed by atoms with van der Waals surface area (Å²) in [5.74, 6) is 3.85. The number of nitrogens with zero attached hydrogens (tertiary/aromatic N) is 12. The van der Waals surface area contributed by atoms with Gasteiger partial charge in [0.25, 0.3) is 35.4 Å². The number of rotatable bonds is 21. The van der Waals surface area contributed by atoms with Crippen LogP contribution in [0.1, 0.15) is 268 Å². The van der Waals surface area contributed by atoms with Gasteiger partial charge in [-0.1, -0.05) is 80.4 Å². The number of aromatic nitrogens is 7. The van der Waals surface area contributed by atoms with Gasteiger partial charge in [0.2, 0.25) is 11.8 Å². The number of hydrogen-bond donors (Lipinski definition) is 5. The van der Waals surface area contributed by atoms with Crippen LogP contribution in [0.5, 0.6) is 0 Å². The molecule has 5 N–H and O–H groups in total. The maximum atomic E-state index is 14.2. The molecule has 33 heteroatoms. The SMILES string of the molecule is CC1CC(NC(=O)c2cc(C3CC3)on2)C(=O)N1c1ccccc1.CN1C(=O)CC(NC(=O)c2cc(C3CC3)on2)C1c1ccc(F)cc1.CN1CCC(NC(=O)c2cc(C3CC3)on2)C1c1ccc(F)cc1.Cc1ccc(C2C(NC(=O)c3cc(C4CC4)on3)CCN2C(C)C)cc1F.Cn1ccc(N2CCC(NC(=O)c3cc(C4CC4)on3)C2=O)n1. The van der Waals surface area contributed by atoms with Crippen LogP contribution < -0.4 is 36.4 Å². The smallest absolute Gasteiger partial charge is 0.274 e. The summed E-state index contributed by atoms with van der Waals surface area (Å²) in [6.45, 7) is 10.3. The summed E-state index contributed by atoms with van der Waals surface area (Å²) in [5.41, 5.74) is 5.52. The average Bonchev–Trinajstić information content (AvgIpc) is 1.54. The lowest BCUT2D eigenvalue weighted by molar-refractivity contribution is -0.127. The zero-order chi connectivity index (χ0) is 86.0. The van der Waals surface area contributed by atoms with Crippen LogP contribution in [0.15, 0.2) is 162 Å². The molecule has 5 saturated carbocycles. The predicted octanol–water partition coefficient (Wildman–Crippen LogP) is 12.5. The van der Waals surface area contributed by atoms with Gasteiger partial charge in [0.15, 0.2) is 34.3 Å². The van der Waals surface area contributed by atoms with Gasteiger partial charge in [0.1, 0.15) is 58.3 Å². The first-order chi connectivity index (χ1) is 59.3. The Hall–Kier alpha value is -12.4. The lowest BCUT2D eigenvalue weighted by atomic mass is 9.98. The lowest BCUT2D eigenvalue weighted by Crippen LogP contribution is -2.42. The maximum Gasteiger partial charge on any atom is 0.274 e. The maximum absolute atomic E-state index is 14.2. The van der Waals surface area contributed by atoms with Crippen LogP contribution in [0.3, 0.4) is 0 Å². The molecule has 10 aromatic rings. The largest absolute Gasteiger partial charge is 0.360 e. The van der Waals surface area contributed by atoms with Crippen molar-refractivity contribution in [3.8, 4) is 0 Å². The van der Waals surface area contributed by atoms with Gasteiger partial charge in [-0.3, -0.25) is 57.7 Å². The molecule has 9 atom stereocenters. The Morgan fingerprint density at radius 1 is 0.447 bits per heavy atom. The molecule has 5 saturated heterocycles. The second kappa shape index (κ2) is 36.3. The summed E-state index contributed by atoms with van der Waals surface area (Å²) in [4.78, 5) is 109. The monoisotopic (exact) mass is 1680 g/mol. The van der Waals surface area contributed by atoms with Crippen LogP contribution in [0, 0.1) is 24.4 Å². The number of carbonyl (C=O) groups excluding carboxylic acids is 8. The number of amides is 8. The Bertz CT molecular complexity index is 5470. The summed E-state index contributed by atoms with van der Waals surface area (Å²) < 4.78 is 68.3. The van der Waals surface area contributed by atoms with E-state index >= 15 is 0 Å². The Balaban J connectivity index is 0.000000114. The molecule has 8 amide bonds. The Morgan fingerprint density at radius 2 is 0.870 bits per heavy atom. The second-order valence-electron chi connectivity index (χ2n) is 34.0. The fraction of sp³-hybridized carbons (Fsp3) is 0.444. The van der Waals surface area contributed by atoms with Gasteiger partial charge >= 0.3 is 0 Å². The topological polar surface area (TPSA) is 361 Å². The normalized spacial score (nSPS) is 23.0. The van der Waals surface area contributed by atoms with Crippen molar-refractivity contribution in [3.63, 3.8) is 0 Å². The standard InChI is InChI=1S/C21H26FN3O2.C18H18FN3O3.C18H20FN3O2.C18H19N3O3.C15H17N5O3/c1-12(2)25-9-8-17(20(25)15-5-4-13(3)16(22)10-15)23-21(26)18-11-19(27-24-18)14-6-7-14;1-22-16(23)9-13(17(22)11-4-6-12(19)7-5-11)20-18(24)14-8-15(25-21-14)10-2-3-10;1-22-9-8-14(17(22)12-4-6-13(19)7-5-12)20-18(23)15-10-16(24-21-15)11-2-3-11;1-11-9-15(18(23)21(11)13-5-3-2-4-6-13)19-17(22)14-10-16(24-20-14)12-7-8-12;1-19-6-5-13(17-19)20-7-4-10(15(20)22)16-14(21)11-8-12(23-18-11)9-2-3-9/h4-5,10-12,14,17,20H,6-9H2,1-3H3,(H,23,26);4-8,10,13,17H,2-3,9H2,1H3,(H,20,24);4-7,10-11,14,17H,2-3,8-9H2,1H3,(H,20,23);2-6,10-12,15H,7-9H2,1H3,(H,19,22);5-6,8-10H,2-4,7H2,1H3,(H,16,21). The van der Waals surface area contributed by atoms with Crippen molar-refractivity contribution in [1.82, 2.24) is 76.8 Å². The number of hydrogen-bond acceptors (Lipinski definition) is 21. The fourth-order valence-electron chi connectivity index (χ4n) is 16.7. The number of nitrogens with one attached hydrogen (secondary N) is 5. The van der Waals surface area contributed by atoms with Gasteiger partial charge in [-0.25, -0.2) is 13.2 Å². The minimum atomic E-state index is -0.550. The minimum Gasteiger partial charge on any atom is -0.360 e. The van der Waals surface area contributed by atoms with E-state index in [2.05, 4.69) is 81.1 Å². The predicted molar refractivity (Wildman–Crippen MR) is 440 cm³/mol. The van der Waals surface area contributed by atoms with Gasteiger partial charge in [-0.15, -0.1) is 0 Å². The van der Waals surface area contributed by atoms with Crippen LogP contribution in [0.2, 0.25) is 0 Å². The van der Waals surface area contributed by atoms with Gasteiger partial charge < -0.3 is 59.0 Å². The third-order valence-corrected chi connectivity index (χ3v) is 24.3. The van der Waals surface area contributed by atoms with Gasteiger partial charge in [0, 0.05) is 130 Å². The fourth-order valence-corrected chi connectivity index (χ4v) is 16.7. The molecule has 20 rings (SSSR count). The third-order valence-electron chi connectivity index (χ3n) is 24.3. The quantitative estimate of drug-likeness (QED) is 0.0446. The summed E-state index contributed by atoms with van der Waals surface area (Å²) in [6.07, 6.45) is 15.6. The summed E-state index contributed by atoms with van der Waals surface area (Å²) in [7, 11) is 5.50. The lowest BCUT2D eigenvalue weighted by Gasteiger charge is -2.32. The summed E-state index contributed by atoms with van der Waals surface area (Å²) in [6, 6.07) is 36.0. The molecule has 4 aromatic carbocycles. The number of carbonyl (C=O) groups is 8.